The highest BCUT2D eigenvalue weighted by molar-refractivity contribution is 4.83. The average Bonchev–Trinajstić information content (AvgIpc) is 1.85. The standard InChI is InChI=1S/C8H15F3O/c1-5-12-6(2)7(3,4)8(9,10)11/h6H,5H2,1-4H3. The number of halogens is 3. The van der Waals surface area contributed by atoms with Gasteiger partial charge in [0.25, 0.3) is 0 Å². The predicted molar refractivity (Wildman–Crippen MR) is 40.9 cm³/mol. The van der Waals surface area contributed by atoms with Gasteiger partial charge in [-0.2, -0.15) is 13.2 Å². The van der Waals surface area contributed by atoms with E-state index in [1.54, 1.807) is 6.92 Å². The molecule has 0 aromatic heterocycles. The Morgan fingerprint density at radius 3 is 1.92 bits per heavy atom. The molecule has 0 aliphatic heterocycles. The lowest BCUT2D eigenvalue weighted by Crippen LogP contribution is -2.42. The SMILES string of the molecule is CCOC(C)C(C)(C)C(F)(F)F. The van der Waals surface area contributed by atoms with Crippen molar-refractivity contribution in [2.24, 2.45) is 5.41 Å². The zero-order chi connectivity index (χ0) is 9.99. The van der Waals surface area contributed by atoms with Crippen molar-refractivity contribution < 1.29 is 17.9 Å². The third-order valence-electron chi connectivity index (χ3n) is 2.16. The van der Waals surface area contributed by atoms with Crippen molar-refractivity contribution in [3.63, 3.8) is 0 Å². The Bertz CT molecular complexity index is 140. The number of rotatable bonds is 3. The van der Waals surface area contributed by atoms with Crippen LogP contribution in [-0.4, -0.2) is 18.9 Å². The largest absolute Gasteiger partial charge is 0.396 e. The van der Waals surface area contributed by atoms with Gasteiger partial charge < -0.3 is 4.74 Å². The molecule has 0 aliphatic rings. The van der Waals surface area contributed by atoms with Gasteiger partial charge in [-0.1, -0.05) is 0 Å². The van der Waals surface area contributed by atoms with Crippen molar-refractivity contribution in [1.82, 2.24) is 0 Å². The first-order chi connectivity index (χ1) is 5.23. The van der Waals surface area contributed by atoms with Crippen molar-refractivity contribution in [2.45, 2.75) is 40.0 Å². The molecule has 12 heavy (non-hydrogen) atoms. The van der Waals surface area contributed by atoms with Crippen LogP contribution in [0.5, 0.6) is 0 Å². The summed E-state index contributed by atoms with van der Waals surface area (Å²) in [6.45, 7) is 5.72. The molecular formula is C8H15F3O. The molecule has 0 rings (SSSR count). The van der Waals surface area contributed by atoms with E-state index in [9.17, 15) is 13.2 Å². The molecule has 0 aliphatic carbocycles. The number of ether oxygens (including phenoxy) is 1. The lowest BCUT2D eigenvalue weighted by atomic mass is 9.87. The molecule has 1 unspecified atom stereocenters. The van der Waals surface area contributed by atoms with Crippen LogP contribution in [0.1, 0.15) is 27.7 Å². The maximum absolute atomic E-state index is 12.3. The van der Waals surface area contributed by atoms with Gasteiger partial charge in [0.1, 0.15) is 0 Å². The minimum absolute atomic E-state index is 0.306. The summed E-state index contributed by atoms with van der Waals surface area (Å²) in [5, 5.41) is 0. The van der Waals surface area contributed by atoms with Gasteiger partial charge in [0.15, 0.2) is 0 Å². The molecule has 4 heteroatoms. The summed E-state index contributed by atoms with van der Waals surface area (Å²) in [5.41, 5.74) is -1.77. The second-order valence-corrected chi connectivity index (χ2v) is 3.32. The number of hydrogen-bond acceptors (Lipinski definition) is 1. The smallest absolute Gasteiger partial charge is 0.378 e. The third kappa shape index (κ3) is 2.37. The van der Waals surface area contributed by atoms with Crippen LogP contribution in [0.3, 0.4) is 0 Å². The highest BCUT2D eigenvalue weighted by Gasteiger charge is 2.51. The second-order valence-electron chi connectivity index (χ2n) is 3.32. The fourth-order valence-electron chi connectivity index (χ4n) is 0.689. The van der Waals surface area contributed by atoms with Crippen LogP contribution in [0.4, 0.5) is 13.2 Å². The molecule has 0 radical (unpaired) electrons. The fraction of sp³-hybridized carbons (Fsp3) is 1.00. The highest BCUT2D eigenvalue weighted by Crippen LogP contribution is 2.41. The molecule has 0 saturated carbocycles. The topological polar surface area (TPSA) is 9.23 Å². The van der Waals surface area contributed by atoms with Crippen LogP contribution in [-0.2, 0) is 4.74 Å². The summed E-state index contributed by atoms with van der Waals surface area (Å²) in [5.74, 6) is 0. The molecule has 0 amide bonds. The minimum Gasteiger partial charge on any atom is -0.378 e. The quantitative estimate of drug-likeness (QED) is 0.655. The van der Waals surface area contributed by atoms with E-state index in [0.29, 0.717) is 6.61 Å². The molecule has 0 bridgehead atoms. The second kappa shape index (κ2) is 3.64. The van der Waals surface area contributed by atoms with Gasteiger partial charge in [-0.3, -0.25) is 0 Å². The minimum atomic E-state index is -4.21. The Balaban J connectivity index is 4.38. The van der Waals surface area contributed by atoms with Gasteiger partial charge in [0.05, 0.1) is 11.5 Å². The molecule has 0 aromatic rings. The zero-order valence-corrected chi connectivity index (χ0v) is 7.83. The molecule has 0 fully saturated rings. The van der Waals surface area contributed by atoms with Gasteiger partial charge in [0, 0.05) is 6.61 Å². The van der Waals surface area contributed by atoms with E-state index in [1.165, 1.54) is 6.92 Å². The Hall–Kier alpha value is -0.250. The maximum Gasteiger partial charge on any atom is 0.396 e. The first-order valence-electron chi connectivity index (χ1n) is 3.91. The molecule has 0 saturated heterocycles. The van der Waals surface area contributed by atoms with Gasteiger partial charge in [-0.05, 0) is 27.7 Å². The molecule has 74 valence electrons. The molecule has 0 aromatic carbocycles. The lowest BCUT2D eigenvalue weighted by molar-refractivity contribution is -0.245. The molecule has 0 spiro atoms. The van der Waals surface area contributed by atoms with E-state index in [4.69, 9.17) is 4.74 Å². The monoisotopic (exact) mass is 184 g/mol. The summed E-state index contributed by atoms with van der Waals surface area (Å²) < 4.78 is 41.9. The van der Waals surface area contributed by atoms with Crippen LogP contribution in [0.25, 0.3) is 0 Å². The summed E-state index contributed by atoms with van der Waals surface area (Å²) in [6.07, 6.45) is -5.01. The first-order valence-corrected chi connectivity index (χ1v) is 3.91. The average molecular weight is 184 g/mol. The Labute approximate surface area is 70.9 Å². The van der Waals surface area contributed by atoms with Gasteiger partial charge in [0.2, 0.25) is 0 Å². The van der Waals surface area contributed by atoms with E-state index in [1.807, 2.05) is 0 Å². The molecule has 1 nitrogen and oxygen atoms in total. The Kier molecular flexibility index (Phi) is 3.57. The van der Waals surface area contributed by atoms with Crippen molar-refractivity contribution in [3.8, 4) is 0 Å². The van der Waals surface area contributed by atoms with Crippen LogP contribution in [0.15, 0.2) is 0 Å². The Morgan fingerprint density at radius 1 is 1.25 bits per heavy atom. The van der Waals surface area contributed by atoms with E-state index in [-0.39, 0.29) is 0 Å². The van der Waals surface area contributed by atoms with E-state index in [2.05, 4.69) is 0 Å². The normalized spacial score (nSPS) is 16.2. The number of hydrogen-bond donors (Lipinski definition) is 0. The van der Waals surface area contributed by atoms with Crippen LogP contribution in [0, 0.1) is 5.41 Å². The van der Waals surface area contributed by atoms with Crippen LogP contribution < -0.4 is 0 Å². The summed E-state index contributed by atoms with van der Waals surface area (Å²) in [7, 11) is 0. The van der Waals surface area contributed by atoms with E-state index in [0.717, 1.165) is 13.8 Å². The Morgan fingerprint density at radius 2 is 1.67 bits per heavy atom. The fourth-order valence-corrected chi connectivity index (χ4v) is 0.689. The zero-order valence-electron chi connectivity index (χ0n) is 7.83. The first kappa shape index (κ1) is 11.8. The van der Waals surface area contributed by atoms with Gasteiger partial charge >= 0.3 is 6.18 Å². The van der Waals surface area contributed by atoms with Crippen molar-refractivity contribution in [3.05, 3.63) is 0 Å². The molecule has 0 heterocycles. The predicted octanol–water partition coefficient (Wildman–Crippen LogP) is 3.00. The van der Waals surface area contributed by atoms with Crippen molar-refractivity contribution >= 4 is 0 Å². The van der Waals surface area contributed by atoms with Crippen molar-refractivity contribution in [2.75, 3.05) is 6.61 Å². The molecular weight excluding hydrogens is 169 g/mol. The lowest BCUT2D eigenvalue weighted by Gasteiger charge is -2.33. The van der Waals surface area contributed by atoms with Gasteiger partial charge in [-0.15, -0.1) is 0 Å². The third-order valence-corrected chi connectivity index (χ3v) is 2.16. The van der Waals surface area contributed by atoms with Crippen LogP contribution >= 0.6 is 0 Å². The summed E-state index contributed by atoms with van der Waals surface area (Å²) in [6, 6.07) is 0. The summed E-state index contributed by atoms with van der Waals surface area (Å²) in [4.78, 5) is 0. The molecule has 0 N–H and O–H groups in total. The maximum atomic E-state index is 12.3. The highest BCUT2D eigenvalue weighted by atomic mass is 19.4. The summed E-state index contributed by atoms with van der Waals surface area (Å²) >= 11 is 0. The van der Waals surface area contributed by atoms with E-state index < -0.39 is 17.7 Å². The molecule has 1 atom stereocenters. The van der Waals surface area contributed by atoms with Gasteiger partial charge in [-0.25, -0.2) is 0 Å². The van der Waals surface area contributed by atoms with E-state index >= 15 is 0 Å². The van der Waals surface area contributed by atoms with Crippen molar-refractivity contribution in [1.29, 1.82) is 0 Å². The van der Waals surface area contributed by atoms with Crippen LogP contribution in [0.2, 0.25) is 0 Å². The number of alkyl halides is 3.